The minimum absolute atomic E-state index is 0.309. The highest BCUT2D eigenvalue weighted by atomic mass is 35.5. The average molecular weight is 241 g/mol. The Kier molecular flexibility index (Phi) is 2.80. The van der Waals surface area contributed by atoms with E-state index in [1.807, 2.05) is 0 Å². The number of hydrazine groups is 1. The Morgan fingerprint density at radius 3 is 2.88 bits per heavy atom. The Morgan fingerprint density at radius 2 is 2.25 bits per heavy atom. The number of aryl methyl sites for hydroxylation is 1. The Hall–Kier alpha value is -1.59. The molecule has 84 valence electrons. The number of aromatic nitrogens is 2. The zero-order valence-corrected chi connectivity index (χ0v) is 9.27. The van der Waals surface area contributed by atoms with E-state index in [0.717, 1.165) is 0 Å². The molecule has 0 saturated heterocycles. The number of hydrogen-bond acceptors (Lipinski definition) is 3. The fraction of sp³-hybridized carbons (Fsp3) is 0.100. The molecular weight excluding hydrogens is 231 g/mol. The lowest BCUT2D eigenvalue weighted by atomic mass is 10.1. The van der Waals surface area contributed by atoms with Gasteiger partial charge in [-0.15, -0.1) is 0 Å². The highest BCUT2D eigenvalue weighted by Crippen LogP contribution is 2.29. The van der Waals surface area contributed by atoms with E-state index in [9.17, 15) is 4.39 Å². The Labute approximate surface area is 96.6 Å². The topological polar surface area (TPSA) is 66.7 Å². The molecule has 2 rings (SSSR count). The number of rotatable bonds is 2. The lowest BCUT2D eigenvalue weighted by Gasteiger charge is -2.04. The predicted octanol–water partition coefficient (Wildman–Crippen LogP) is 2.46. The molecule has 0 aliphatic carbocycles. The highest BCUT2D eigenvalue weighted by molar-refractivity contribution is 6.33. The van der Waals surface area contributed by atoms with Gasteiger partial charge in [0.05, 0.1) is 16.9 Å². The first kappa shape index (κ1) is 10.9. The number of nitrogen functional groups attached to an aromatic ring is 1. The van der Waals surface area contributed by atoms with Gasteiger partial charge in [-0.25, -0.2) is 15.2 Å². The highest BCUT2D eigenvalue weighted by Gasteiger charge is 2.10. The monoisotopic (exact) mass is 240 g/mol. The lowest BCUT2D eigenvalue weighted by Crippen LogP contribution is -2.07. The standard InChI is InChI=1S/C10H10ClFN4/c1-5-2-7(11)6(3-8(5)12)9-4-14-10(15-9)16-13/h2-4H,13H2,1H3,(H2,14,15,16). The molecule has 4 nitrogen and oxygen atoms in total. The minimum atomic E-state index is -0.309. The molecule has 0 saturated carbocycles. The largest absolute Gasteiger partial charge is 0.323 e. The van der Waals surface area contributed by atoms with Crippen LogP contribution in [-0.4, -0.2) is 9.97 Å². The number of nitrogens with two attached hydrogens (primary N) is 1. The summed E-state index contributed by atoms with van der Waals surface area (Å²) in [4.78, 5) is 6.80. The first-order valence-corrected chi connectivity index (χ1v) is 4.97. The predicted molar refractivity (Wildman–Crippen MR) is 61.5 cm³/mol. The summed E-state index contributed by atoms with van der Waals surface area (Å²) in [6.07, 6.45) is 1.53. The van der Waals surface area contributed by atoms with Gasteiger partial charge in [-0.1, -0.05) is 11.6 Å². The Morgan fingerprint density at radius 1 is 1.50 bits per heavy atom. The maximum absolute atomic E-state index is 13.4. The summed E-state index contributed by atoms with van der Waals surface area (Å²) >= 11 is 6.02. The molecule has 6 heteroatoms. The molecule has 0 unspecified atom stereocenters. The molecule has 1 aromatic carbocycles. The molecule has 0 spiro atoms. The average Bonchev–Trinajstić information content (AvgIpc) is 2.71. The van der Waals surface area contributed by atoms with Gasteiger partial charge in [0.1, 0.15) is 5.82 Å². The van der Waals surface area contributed by atoms with Crippen molar-refractivity contribution >= 4 is 17.5 Å². The number of halogens is 2. The summed E-state index contributed by atoms with van der Waals surface area (Å²) in [6, 6.07) is 2.94. The summed E-state index contributed by atoms with van der Waals surface area (Å²) in [5.41, 5.74) is 4.03. The molecule has 0 radical (unpaired) electrons. The van der Waals surface area contributed by atoms with Crippen molar-refractivity contribution in [2.75, 3.05) is 5.43 Å². The fourth-order valence-corrected chi connectivity index (χ4v) is 1.70. The number of hydrogen-bond donors (Lipinski definition) is 3. The van der Waals surface area contributed by atoms with Gasteiger partial charge in [-0.05, 0) is 24.6 Å². The number of benzene rings is 1. The van der Waals surface area contributed by atoms with Gasteiger partial charge in [0.2, 0.25) is 5.95 Å². The van der Waals surface area contributed by atoms with E-state index < -0.39 is 0 Å². The van der Waals surface area contributed by atoms with Crippen molar-refractivity contribution in [2.45, 2.75) is 6.92 Å². The summed E-state index contributed by atoms with van der Waals surface area (Å²) < 4.78 is 13.4. The Bertz CT molecular complexity index is 524. The van der Waals surface area contributed by atoms with E-state index in [2.05, 4.69) is 15.4 Å². The van der Waals surface area contributed by atoms with Crippen LogP contribution in [-0.2, 0) is 0 Å². The van der Waals surface area contributed by atoms with Crippen molar-refractivity contribution in [1.29, 1.82) is 0 Å². The number of anilines is 1. The van der Waals surface area contributed by atoms with Gasteiger partial charge in [0.25, 0.3) is 0 Å². The molecular formula is C10H10ClFN4. The number of H-pyrrole nitrogens is 1. The van der Waals surface area contributed by atoms with Gasteiger partial charge in [0, 0.05) is 5.56 Å². The number of imidazole rings is 1. The second-order valence-corrected chi connectivity index (χ2v) is 3.78. The van der Waals surface area contributed by atoms with Crippen LogP contribution in [0.15, 0.2) is 18.3 Å². The van der Waals surface area contributed by atoms with Gasteiger partial charge in [-0.3, -0.25) is 5.43 Å². The van der Waals surface area contributed by atoms with E-state index in [4.69, 9.17) is 17.4 Å². The third kappa shape index (κ3) is 1.87. The number of aromatic amines is 1. The fourth-order valence-electron chi connectivity index (χ4n) is 1.38. The maximum Gasteiger partial charge on any atom is 0.215 e. The zero-order chi connectivity index (χ0) is 11.7. The molecule has 0 amide bonds. The molecule has 0 atom stereocenters. The SMILES string of the molecule is Cc1cc(Cl)c(-c2cnc(NN)[nH]2)cc1F. The molecule has 4 N–H and O–H groups in total. The summed E-state index contributed by atoms with van der Waals surface area (Å²) in [7, 11) is 0. The van der Waals surface area contributed by atoms with E-state index >= 15 is 0 Å². The molecule has 0 bridgehead atoms. The van der Waals surface area contributed by atoms with E-state index in [-0.39, 0.29) is 5.82 Å². The Balaban J connectivity index is 2.51. The smallest absolute Gasteiger partial charge is 0.215 e. The number of nitrogens with zero attached hydrogens (tertiary/aromatic N) is 1. The van der Waals surface area contributed by atoms with Crippen LogP contribution in [0.4, 0.5) is 10.3 Å². The molecule has 1 aromatic heterocycles. The summed E-state index contributed by atoms with van der Waals surface area (Å²) in [5, 5.41) is 0.464. The van der Waals surface area contributed by atoms with E-state index in [1.165, 1.54) is 12.3 Å². The van der Waals surface area contributed by atoms with E-state index in [0.29, 0.717) is 27.8 Å². The van der Waals surface area contributed by atoms with Crippen molar-refractivity contribution in [3.05, 3.63) is 34.7 Å². The number of nitrogens with one attached hydrogen (secondary N) is 2. The van der Waals surface area contributed by atoms with Gasteiger partial charge in [0.15, 0.2) is 0 Å². The van der Waals surface area contributed by atoms with Crippen LogP contribution in [0.5, 0.6) is 0 Å². The second-order valence-electron chi connectivity index (χ2n) is 3.37. The normalized spacial score (nSPS) is 10.5. The molecule has 0 aliphatic rings. The van der Waals surface area contributed by atoms with Crippen LogP contribution >= 0.6 is 11.6 Å². The van der Waals surface area contributed by atoms with Crippen molar-refractivity contribution in [2.24, 2.45) is 5.84 Å². The van der Waals surface area contributed by atoms with Crippen molar-refractivity contribution in [1.82, 2.24) is 9.97 Å². The van der Waals surface area contributed by atoms with Crippen LogP contribution in [0.3, 0.4) is 0 Å². The lowest BCUT2D eigenvalue weighted by molar-refractivity contribution is 0.619. The van der Waals surface area contributed by atoms with Crippen molar-refractivity contribution < 1.29 is 4.39 Å². The first-order chi connectivity index (χ1) is 7.61. The molecule has 2 aromatic rings. The van der Waals surface area contributed by atoms with E-state index in [1.54, 1.807) is 13.0 Å². The molecule has 0 fully saturated rings. The molecule has 16 heavy (non-hydrogen) atoms. The van der Waals surface area contributed by atoms with Gasteiger partial charge < -0.3 is 4.98 Å². The van der Waals surface area contributed by atoms with Crippen molar-refractivity contribution in [3.63, 3.8) is 0 Å². The van der Waals surface area contributed by atoms with Crippen LogP contribution in [0.1, 0.15) is 5.56 Å². The van der Waals surface area contributed by atoms with Crippen molar-refractivity contribution in [3.8, 4) is 11.3 Å². The third-order valence-corrected chi connectivity index (χ3v) is 2.56. The third-order valence-electron chi connectivity index (χ3n) is 2.25. The van der Waals surface area contributed by atoms with Gasteiger partial charge in [-0.2, -0.15) is 0 Å². The van der Waals surface area contributed by atoms with Crippen LogP contribution in [0, 0.1) is 12.7 Å². The van der Waals surface area contributed by atoms with Crippen LogP contribution < -0.4 is 11.3 Å². The van der Waals surface area contributed by atoms with Crippen LogP contribution in [0.25, 0.3) is 11.3 Å². The second kappa shape index (κ2) is 4.11. The molecule has 0 aliphatic heterocycles. The zero-order valence-electron chi connectivity index (χ0n) is 8.51. The molecule has 1 heterocycles. The minimum Gasteiger partial charge on any atom is -0.323 e. The van der Waals surface area contributed by atoms with Gasteiger partial charge >= 0.3 is 0 Å². The van der Waals surface area contributed by atoms with Crippen LogP contribution in [0.2, 0.25) is 5.02 Å². The first-order valence-electron chi connectivity index (χ1n) is 4.59. The summed E-state index contributed by atoms with van der Waals surface area (Å²) in [6.45, 7) is 1.66. The quantitative estimate of drug-likeness (QED) is 0.558. The summed E-state index contributed by atoms with van der Waals surface area (Å²) in [5.74, 6) is 5.27. The maximum atomic E-state index is 13.4.